The van der Waals surface area contributed by atoms with E-state index < -0.39 is 0 Å². The van der Waals surface area contributed by atoms with Gasteiger partial charge in [-0.15, -0.1) is 0 Å². The second-order valence-electron chi connectivity index (χ2n) is 8.64. The summed E-state index contributed by atoms with van der Waals surface area (Å²) >= 11 is 6.12. The van der Waals surface area contributed by atoms with Crippen molar-refractivity contribution in [1.29, 1.82) is 0 Å². The van der Waals surface area contributed by atoms with Crippen molar-refractivity contribution in [1.82, 2.24) is 9.80 Å². The highest BCUT2D eigenvalue weighted by molar-refractivity contribution is 6.30. The Morgan fingerprint density at radius 3 is 2.35 bits per heavy atom. The third kappa shape index (κ3) is 5.81. The van der Waals surface area contributed by atoms with Gasteiger partial charge < -0.3 is 19.1 Å². The van der Waals surface area contributed by atoms with Crippen LogP contribution < -0.4 is 4.90 Å². The van der Waals surface area contributed by atoms with Crippen molar-refractivity contribution in [3.63, 3.8) is 0 Å². The smallest absolute Gasteiger partial charge is 0.257 e. The second-order valence-corrected chi connectivity index (χ2v) is 9.07. The van der Waals surface area contributed by atoms with Gasteiger partial charge in [0.15, 0.2) is 0 Å². The maximum Gasteiger partial charge on any atom is 0.257 e. The van der Waals surface area contributed by atoms with Gasteiger partial charge >= 0.3 is 0 Å². The number of benzene rings is 2. The molecule has 1 fully saturated rings. The molecule has 2 amide bonds. The molecule has 1 saturated heterocycles. The molecule has 34 heavy (non-hydrogen) atoms. The van der Waals surface area contributed by atoms with Gasteiger partial charge in [0.1, 0.15) is 11.5 Å². The zero-order valence-corrected chi connectivity index (χ0v) is 20.4. The molecule has 2 aromatic carbocycles. The molecule has 1 aliphatic rings. The number of furan rings is 1. The van der Waals surface area contributed by atoms with E-state index in [9.17, 15) is 9.59 Å². The molecule has 0 radical (unpaired) electrons. The van der Waals surface area contributed by atoms with Crippen LogP contribution in [0, 0.1) is 13.8 Å². The molecule has 6 nitrogen and oxygen atoms in total. The summed E-state index contributed by atoms with van der Waals surface area (Å²) in [6.07, 6.45) is 0.283. The third-order valence-electron chi connectivity index (χ3n) is 6.18. The summed E-state index contributed by atoms with van der Waals surface area (Å²) in [5, 5.41) is 0.710. The first-order valence-electron chi connectivity index (χ1n) is 11.6. The Morgan fingerprint density at radius 1 is 0.971 bits per heavy atom. The van der Waals surface area contributed by atoms with Crippen LogP contribution in [0.1, 0.15) is 33.9 Å². The molecule has 0 unspecified atom stereocenters. The number of hydrogen-bond acceptors (Lipinski definition) is 4. The summed E-state index contributed by atoms with van der Waals surface area (Å²) in [6, 6.07) is 19.4. The number of carbonyl (C=O) groups is 2. The van der Waals surface area contributed by atoms with E-state index in [-0.39, 0.29) is 18.2 Å². The van der Waals surface area contributed by atoms with Crippen molar-refractivity contribution in [2.24, 2.45) is 0 Å². The summed E-state index contributed by atoms with van der Waals surface area (Å²) in [5.74, 6) is 1.26. The van der Waals surface area contributed by atoms with Gasteiger partial charge in [0.25, 0.3) is 5.91 Å². The Hall–Kier alpha value is -3.25. The molecule has 1 aromatic heterocycles. The molecule has 0 aliphatic carbocycles. The standard InChI is InChI=1S/C27H30ClN3O3/c1-20-17-25(21(2)34-20)27(33)31(19-22-7-4-3-5-8-22)12-11-26(32)30-15-13-29(14-16-30)24-10-6-9-23(28)18-24/h3-10,17-18H,11-16,19H2,1-2H3. The van der Waals surface area contributed by atoms with Crippen LogP contribution in [0.15, 0.2) is 65.1 Å². The maximum atomic E-state index is 13.3. The predicted octanol–water partition coefficient (Wildman–Crippen LogP) is 4.93. The first-order valence-corrected chi connectivity index (χ1v) is 12.0. The van der Waals surface area contributed by atoms with Crippen LogP contribution in [0.5, 0.6) is 0 Å². The highest BCUT2D eigenvalue weighted by Gasteiger charge is 2.25. The lowest BCUT2D eigenvalue weighted by atomic mass is 10.1. The van der Waals surface area contributed by atoms with Crippen LogP contribution >= 0.6 is 11.6 Å². The van der Waals surface area contributed by atoms with Crippen LogP contribution in [-0.4, -0.2) is 54.3 Å². The zero-order valence-electron chi connectivity index (χ0n) is 19.7. The number of rotatable bonds is 7. The lowest BCUT2D eigenvalue weighted by Crippen LogP contribution is -2.49. The number of hydrogen-bond donors (Lipinski definition) is 0. The van der Waals surface area contributed by atoms with E-state index in [0.29, 0.717) is 48.3 Å². The summed E-state index contributed by atoms with van der Waals surface area (Å²) in [5.41, 5.74) is 2.65. The fraction of sp³-hybridized carbons (Fsp3) is 0.333. The number of carbonyl (C=O) groups excluding carboxylic acids is 2. The normalized spacial score (nSPS) is 13.7. The fourth-order valence-electron chi connectivity index (χ4n) is 4.35. The molecule has 0 atom stereocenters. The van der Waals surface area contributed by atoms with Crippen molar-refractivity contribution in [2.75, 3.05) is 37.6 Å². The van der Waals surface area contributed by atoms with Crippen LogP contribution in [0.2, 0.25) is 5.02 Å². The quantitative estimate of drug-likeness (QED) is 0.482. The minimum Gasteiger partial charge on any atom is -0.466 e. The Morgan fingerprint density at radius 2 is 1.71 bits per heavy atom. The fourth-order valence-corrected chi connectivity index (χ4v) is 4.53. The number of anilines is 1. The third-order valence-corrected chi connectivity index (χ3v) is 6.41. The van der Waals surface area contributed by atoms with Gasteiger partial charge in [-0.2, -0.15) is 0 Å². The molecule has 3 aromatic rings. The highest BCUT2D eigenvalue weighted by Crippen LogP contribution is 2.22. The van der Waals surface area contributed by atoms with Crippen LogP contribution in [-0.2, 0) is 11.3 Å². The Kier molecular flexibility index (Phi) is 7.58. The van der Waals surface area contributed by atoms with E-state index in [0.717, 1.165) is 24.3 Å². The number of nitrogens with zero attached hydrogens (tertiary/aromatic N) is 3. The molecular weight excluding hydrogens is 450 g/mol. The minimum absolute atomic E-state index is 0.0664. The average molecular weight is 480 g/mol. The summed E-state index contributed by atoms with van der Waals surface area (Å²) in [7, 11) is 0. The van der Waals surface area contributed by atoms with E-state index in [4.69, 9.17) is 16.0 Å². The highest BCUT2D eigenvalue weighted by atomic mass is 35.5. The minimum atomic E-state index is -0.114. The molecular formula is C27H30ClN3O3. The van der Waals surface area contributed by atoms with Gasteiger partial charge in [0.2, 0.25) is 5.91 Å². The first-order chi connectivity index (χ1) is 16.4. The number of amides is 2. The second kappa shape index (κ2) is 10.8. The number of piperazine rings is 1. The van der Waals surface area contributed by atoms with E-state index in [1.165, 1.54) is 0 Å². The largest absolute Gasteiger partial charge is 0.466 e. The lowest BCUT2D eigenvalue weighted by molar-refractivity contribution is -0.131. The zero-order chi connectivity index (χ0) is 24.1. The SMILES string of the molecule is Cc1cc(C(=O)N(CCC(=O)N2CCN(c3cccc(Cl)c3)CC2)Cc2ccccc2)c(C)o1. The summed E-state index contributed by atoms with van der Waals surface area (Å²) < 4.78 is 5.58. The van der Waals surface area contributed by atoms with Crippen LogP contribution in [0.3, 0.4) is 0 Å². The van der Waals surface area contributed by atoms with E-state index in [1.54, 1.807) is 17.9 Å². The maximum absolute atomic E-state index is 13.3. The van der Waals surface area contributed by atoms with Crippen LogP contribution in [0.4, 0.5) is 5.69 Å². The van der Waals surface area contributed by atoms with Crippen molar-refractivity contribution in [2.45, 2.75) is 26.8 Å². The summed E-state index contributed by atoms with van der Waals surface area (Å²) in [4.78, 5) is 32.2. The molecule has 178 valence electrons. The molecule has 7 heteroatoms. The molecule has 0 spiro atoms. The molecule has 4 rings (SSSR count). The monoisotopic (exact) mass is 479 g/mol. The summed E-state index contributed by atoms with van der Waals surface area (Å²) in [6.45, 7) is 7.24. The molecule has 0 N–H and O–H groups in total. The predicted molar refractivity (Wildman–Crippen MR) is 134 cm³/mol. The molecule has 2 heterocycles. The topological polar surface area (TPSA) is 57.0 Å². The molecule has 0 bridgehead atoms. The van der Waals surface area contributed by atoms with Gasteiger partial charge in [-0.25, -0.2) is 0 Å². The Bertz CT molecular complexity index is 1140. The molecule has 0 saturated carbocycles. The van der Waals surface area contributed by atoms with Gasteiger partial charge in [-0.1, -0.05) is 48.0 Å². The Labute approximate surface area is 205 Å². The van der Waals surface area contributed by atoms with Gasteiger partial charge in [0.05, 0.1) is 5.56 Å². The van der Waals surface area contributed by atoms with E-state index in [2.05, 4.69) is 4.90 Å². The number of aryl methyl sites for hydroxylation is 2. The average Bonchev–Trinajstić information content (AvgIpc) is 3.19. The number of halogens is 1. The van der Waals surface area contributed by atoms with Crippen molar-refractivity contribution >= 4 is 29.1 Å². The van der Waals surface area contributed by atoms with Crippen molar-refractivity contribution < 1.29 is 14.0 Å². The van der Waals surface area contributed by atoms with Crippen LogP contribution in [0.25, 0.3) is 0 Å². The Balaban J connectivity index is 1.38. The van der Waals surface area contributed by atoms with Gasteiger partial charge in [-0.05, 0) is 43.7 Å². The molecule has 1 aliphatic heterocycles. The van der Waals surface area contributed by atoms with Crippen molar-refractivity contribution in [3.8, 4) is 0 Å². The van der Waals surface area contributed by atoms with Gasteiger partial charge in [0, 0.05) is 56.4 Å². The van der Waals surface area contributed by atoms with Gasteiger partial charge in [-0.3, -0.25) is 9.59 Å². The lowest BCUT2D eigenvalue weighted by Gasteiger charge is -2.36. The van der Waals surface area contributed by atoms with Crippen molar-refractivity contribution in [3.05, 3.63) is 88.3 Å². The first kappa shape index (κ1) is 23.9. The van der Waals surface area contributed by atoms with E-state index >= 15 is 0 Å². The van der Waals surface area contributed by atoms with E-state index in [1.807, 2.05) is 66.4 Å².